The monoisotopic (exact) mass is 256 g/mol. The lowest BCUT2D eigenvalue weighted by Gasteiger charge is -2.33. The Morgan fingerprint density at radius 1 is 1.24 bits per heavy atom. The van der Waals surface area contributed by atoms with E-state index in [1.807, 2.05) is 0 Å². The van der Waals surface area contributed by atoms with Crippen LogP contribution in [-0.4, -0.2) is 49.1 Å². The predicted molar refractivity (Wildman–Crippen MR) is 77.8 cm³/mol. The number of piperidine rings is 1. The van der Waals surface area contributed by atoms with Crippen LogP contribution < -0.4 is 5.32 Å². The first-order valence-corrected chi connectivity index (χ1v) is 8.51. The van der Waals surface area contributed by atoms with Crippen molar-refractivity contribution in [3.63, 3.8) is 0 Å². The number of thioether (sulfide) groups is 1. The first kappa shape index (κ1) is 13.7. The fourth-order valence-corrected chi connectivity index (χ4v) is 4.14. The number of likely N-dealkylation sites (tertiary alicyclic amines) is 1. The van der Waals surface area contributed by atoms with E-state index < -0.39 is 0 Å². The van der Waals surface area contributed by atoms with Gasteiger partial charge in [0.1, 0.15) is 0 Å². The van der Waals surface area contributed by atoms with Crippen LogP contribution in [0.15, 0.2) is 0 Å². The maximum Gasteiger partial charge on any atom is 0.00777 e. The molecule has 0 radical (unpaired) electrons. The number of nitrogens with one attached hydrogen (secondary N) is 1. The summed E-state index contributed by atoms with van der Waals surface area (Å²) in [7, 11) is 2.26. The maximum atomic E-state index is 3.84. The quantitative estimate of drug-likeness (QED) is 0.832. The van der Waals surface area contributed by atoms with Gasteiger partial charge in [0, 0.05) is 17.8 Å². The van der Waals surface area contributed by atoms with Gasteiger partial charge in [-0.25, -0.2) is 0 Å². The van der Waals surface area contributed by atoms with Gasteiger partial charge < -0.3 is 10.2 Å². The van der Waals surface area contributed by atoms with Crippen LogP contribution in [0.3, 0.4) is 0 Å². The first-order valence-electron chi connectivity index (χ1n) is 7.22. The summed E-state index contributed by atoms with van der Waals surface area (Å²) < 4.78 is 0. The molecule has 0 aromatic carbocycles. The molecular weight excluding hydrogens is 228 g/mol. The molecule has 3 heteroatoms. The topological polar surface area (TPSA) is 15.3 Å². The Hall–Kier alpha value is 0.270. The van der Waals surface area contributed by atoms with Crippen LogP contribution in [0, 0.1) is 5.92 Å². The molecule has 0 aromatic heterocycles. The molecule has 3 atom stereocenters. The Kier molecular flexibility index (Phi) is 5.64. The van der Waals surface area contributed by atoms with Gasteiger partial charge in [-0.1, -0.05) is 6.42 Å². The van der Waals surface area contributed by atoms with Crippen LogP contribution in [0.5, 0.6) is 0 Å². The summed E-state index contributed by atoms with van der Waals surface area (Å²) in [5, 5.41) is 4.75. The molecule has 0 aromatic rings. The number of nitrogens with zero attached hydrogens (tertiary/aromatic N) is 1. The second-order valence-corrected chi connectivity index (χ2v) is 7.04. The van der Waals surface area contributed by atoms with Gasteiger partial charge in [0.2, 0.25) is 0 Å². The molecule has 0 spiro atoms. The molecule has 1 N–H and O–H groups in total. The Morgan fingerprint density at radius 3 is 2.88 bits per heavy atom. The molecule has 1 heterocycles. The Bertz CT molecular complexity index is 222. The average molecular weight is 256 g/mol. The molecule has 2 aliphatic rings. The van der Waals surface area contributed by atoms with Gasteiger partial charge in [-0.15, -0.1) is 0 Å². The predicted octanol–water partition coefficient (Wildman–Crippen LogP) is 2.59. The van der Waals surface area contributed by atoms with Gasteiger partial charge in [0.25, 0.3) is 0 Å². The zero-order chi connectivity index (χ0) is 12.1. The fourth-order valence-electron chi connectivity index (χ4n) is 3.32. The van der Waals surface area contributed by atoms with E-state index in [0.717, 1.165) is 17.2 Å². The Labute approximate surface area is 111 Å². The van der Waals surface area contributed by atoms with Crippen molar-refractivity contribution in [2.24, 2.45) is 5.92 Å². The van der Waals surface area contributed by atoms with Crippen molar-refractivity contribution in [1.29, 1.82) is 0 Å². The SMILES string of the molecule is CSC1CCCC(NCC2CCCN(C)C2)C1. The van der Waals surface area contributed by atoms with E-state index in [9.17, 15) is 0 Å². The molecular formula is C14H28N2S. The van der Waals surface area contributed by atoms with Crippen molar-refractivity contribution in [1.82, 2.24) is 10.2 Å². The summed E-state index contributed by atoms with van der Waals surface area (Å²) in [5.41, 5.74) is 0. The minimum Gasteiger partial charge on any atom is -0.314 e. The van der Waals surface area contributed by atoms with Gasteiger partial charge in [-0.05, 0) is 64.4 Å². The first-order chi connectivity index (χ1) is 8.28. The molecule has 1 aliphatic heterocycles. The standard InChI is InChI=1S/C14H28N2S/c1-16-8-4-5-12(11-16)10-15-13-6-3-7-14(9-13)17-2/h12-15H,3-11H2,1-2H3. The molecule has 2 rings (SSSR count). The molecule has 17 heavy (non-hydrogen) atoms. The summed E-state index contributed by atoms with van der Waals surface area (Å²) in [6, 6.07) is 0.799. The number of rotatable bonds is 4. The van der Waals surface area contributed by atoms with Crippen LogP contribution >= 0.6 is 11.8 Å². The maximum absolute atomic E-state index is 3.84. The van der Waals surface area contributed by atoms with Crippen molar-refractivity contribution >= 4 is 11.8 Å². The highest BCUT2D eigenvalue weighted by Crippen LogP contribution is 2.27. The molecule has 0 amide bonds. The highest BCUT2D eigenvalue weighted by atomic mass is 32.2. The average Bonchev–Trinajstić information content (AvgIpc) is 2.37. The lowest BCUT2D eigenvalue weighted by atomic mass is 9.93. The van der Waals surface area contributed by atoms with Crippen molar-refractivity contribution in [3.05, 3.63) is 0 Å². The second kappa shape index (κ2) is 7.01. The van der Waals surface area contributed by atoms with Crippen LogP contribution in [0.4, 0.5) is 0 Å². The summed E-state index contributed by atoms with van der Waals surface area (Å²) >= 11 is 2.06. The van der Waals surface area contributed by atoms with E-state index in [1.165, 1.54) is 58.2 Å². The van der Waals surface area contributed by atoms with Crippen LogP contribution in [0.25, 0.3) is 0 Å². The summed E-state index contributed by atoms with van der Waals surface area (Å²) in [6.07, 6.45) is 10.7. The fraction of sp³-hybridized carbons (Fsp3) is 1.00. The molecule has 2 fully saturated rings. The van der Waals surface area contributed by atoms with Gasteiger partial charge in [0.05, 0.1) is 0 Å². The Balaban J connectivity index is 1.66. The van der Waals surface area contributed by atoms with Crippen molar-refractivity contribution in [3.8, 4) is 0 Å². The lowest BCUT2D eigenvalue weighted by Crippen LogP contribution is -2.42. The van der Waals surface area contributed by atoms with E-state index >= 15 is 0 Å². The minimum absolute atomic E-state index is 0.799. The van der Waals surface area contributed by atoms with E-state index in [1.54, 1.807) is 0 Å². The third-order valence-corrected chi connectivity index (χ3v) is 5.47. The highest BCUT2D eigenvalue weighted by Gasteiger charge is 2.23. The molecule has 1 saturated heterocycles. The largest absolute Gasteiger partial charge is 0.314 e. The zero-order valence-electron chi connectivity index (χ0n) is 11.5. The van der Waals surface area contributed by atoms with E-state index in [4.69, 9.17) is 0 Å². The normalized spacial score (nSPS) is 36.0. The summed E-state index contributed by atoms with van der Waals surface area (Å²) in [4.78, 5) is 2.49. The molecule has 1 aliphatic carbocycles. The smallest absolute Gasteiger partial charge is 0.00777 e. The zero-order valence-corrected chi connectivity index (χ0v) is 12.3. The number of hydrogen-bond acceptors (Lipinski definition) is 3. The van der Waals surface area contributed by atoms with Gasteiger partial charge >= 0.3 is 0 Å². The third-order valence-electron chi connectivity index (χ3n) is 4.38. The van der Waals surface area contributed by atoms with Crippen molar-refractivity contribution in [2.75, 3.05) is 32.9 Å². The third kappa shape index (κ3) is 4.46. The minimum atomic E-state index is 0.799. The Morgan fingerprint density at radius 2 is 2.12 bits per heavy atom. The highest BCUT2D eigenvalue weighted by molar-refractivity contribution is 7.99. The second-order valence-electron chi connectivity index (χ2n) is 5.90. The van der Waals surface area contributed by atoms with Crippen LogP contribution in [-0.2, 0) is 0 Å². The van der Waals surface area contributed by atoms with Gasteiger partial charge in [0.15, 0.2) is 0 Å². The van der Waals surface area contributed by atoms with E-state index in [0.29, 0.717) is 0 Å². The van der Waals surface area contributed by atoms with E-state index in [-0.39, 0.29) is 0 Å². The molecule has 0 bridgehead atoms. The molecule has 100 valence electrons. The van der Waals surface area contributed by atoms with Crippen molar-refractivity contribution in [2.45, 2.75) is 49.8 Å². The van der Waals surface area contributed by atoms with E-state index in [2.05, 4.69) is 35.3 Å². The van der Waals surface area contributed by atoms with Gasteiger partial charge in [-0.3, -0.25) is 0 Å². The number of hydrogen-bond donors (Lipinski definition) is 1. The summed E-state index contributed by atoms with van der Waals surface area (Å²) in [5.74, 6) is 0.892. The molecule has 2 nitrogen and oxygen atoms in total. The molecule has 1 saturated carbocycles. The van der Waals surface area contributed by atoms with Crippen molar-refractivity contribution < 1.29 is 0 Å². The summed E-state index contributed by atoms with van der Waals surface area (Å²) in [6.45, 7) is 3.84. The van der Waals surface area contributed by atoms with Crippen LogP contribution in [0.2, 0.25) is 0 Å². The van der Waals surface area contributed by atoms with Crippen LogP contribution in [0.1, 0.15) is 38.5 Å². The van der Waals surface area contributed by atoms with Gasteiger partial charge in [-0.2, -0.15) is 11.8 Å². The molecule has 3 unspecified atom stereocenters. The lowest BCUT2D eigenvalue weighted by molar-refractivity contribution is 0.199.